The van der Waals surface area contributed by atoms with Gasteiger partial charge in [0.15, 0.2) is 0 Å². The first-order valence-corrected chi connectivity index (χ1v) is 10.1. The van der Waals surface area contributed by atoms with Gasteiger partial charge in [-0.15, -0.1) is 0 Å². The van der Waals surface area contributed by atoms with Crippen LogP contribution in [0.4, 0.5) is 0 Å². The molecule has 0 aliphatic rings. The Labute approximate surface area is 154 Å². The Hall–Kier alpha value is -2.55. The van der Waals surface area contributed by atoms with Crippen molar-refractivity contribution in [3.8, 4) is 11.5 Å². The third-order valence-electron chi connectivity index (χ3n) is 3.70. The molecule has 1 unspecified atom stereocenters. The molecule has 26 heavy (non-hydrogen) atoms. The van der Waals surface area contributed by atoms with Gasteiger partial charge >= 0.3 is 7.75 Å². The van der Waals surface area contributed by atoms with Crippen molar-refractivity contribution in [1.82, 2.24) is 5.09 Å². The van der Waals surface area contributed by atoms with E-state index in [2.05, 4.69) is 5.09 Å². The summed E-state index contributed by atoms with van der Waals surface area (Å²) in [4.78, 5) is 0. The molecule has 1 N–H and O–H groups in total. The summed E-state index contributed by atoms with van der Waals surface area (Å²) in [5.74, 6) is 0.984. The van der Waals surface area contributed by atoms with Crippen LogP contribution >= 0.6 is 7.75 Å². The Kier molecular flexibility index (Phi) is 6.11. The summed E-state index contributed by atoms with van der Waals surface area (Å²) in [6.45, 7) is 1.96. The SMILES string of the molecule is CC(Cc1ccccc1)NP(=O)(Oc1ccccc1)Oc1ccccc1. The third kappa shape index (κ3) is 5.48. The van der Waals surface area contributed by atoms with Gasteiger partial charge in [-0.25, -0.2) is 4.57 Å². The summed E-state index contributed by atoms with van der Waals surface area (Å²) < 4.78 is 24.9. The molecule has 4 nitrogen and oxygen atoms in total. The minimum Gasteiger partial charge on any atom is -0.405 e. The first kappa shape index (κ1) is 18.2. The van der Waals surface area contributed by atoms with Crippen molar-refractivity contribution in [3.05, 3.63) is 96.6 Å². The number of hydrogen-bond acceptors (Lipinski definition) is 3. The Morgan fingerprint density at radius 2 is 1.19 bits per heavy atom. The van der Waals surface area contributed by atoms with Crippen molar-refractivity contribution in [3.63, 3.8) is 0 Å². The minimum absolute atomic E-state index is 0.101. The fraction of sp³-hybridized carbons (Fsp3) is 0.143. The normalized spacial score (nSPS) is 12.3. The predicted octanol–water partition coefficient (Wildman–Crippen LogP) is 5.47. The van der Waals surface area contributed by atoms with E-state index >= 15 is 0 Å². The summed E-state index contributed by atoms with van der Waals surface area (Å²) in [5.41, 5.74) is 1.15. The first-order chi connectivity index (χ1) is 12.6. The molecule has 0 bridgehead atoms. The van der Waals surface area contributed by atoms with Crippen LogP contribution in [0.5, 0.6) is 11.5 Å². The van der Waals surface area contributed by atoms with Crippen molar-refractivity contribution in [2.75, 3.05) is 0 Å². The van der Waals surface area contributed by atoms with Crippen LogP contribution in [0.15, 0.2) is 91.0 Å². The molecule has 1 atom stereocenters. The number of benzene rings is 3. The van der Waals surface area contributed by atoms with Gasteiger partial charge in [0, 0.05) is 6.04 Å². The number of rotatable bonds is 8. The van der Waals surface area contributed by atoms with E-state index in [1.807, 2.05) is 73.7 Å². The highest BCUT2D eigenvalue weighted by Gasteiger charge is 2.30. The van der Waals surface area contributed by atoms with Gasteiger partial charge in [0.05, 0.1) is 0 Å². The Morgan fingerprint density at radius 1 is 0.769 bits per heavy atom. The van der Waals surface area contributed by atoms with E-state index in [1.165, 1.54) is 0 Å². The summed E-state index contributed by atoms with van der Waals surface area (Å²) >= 11 is 0. The van der Waals surface area contributed by atoms with Crippen LogP contribution < -0.4 is 14.1 Å². The van der Waals surface area contributed by atoms with Crippen molar-refractivity contribution in [1.29, 1.82) is 0 Å². The molecular weight excluding hydrogens is 345 g/mol. The van der Waals surface area contributed by atoms with Gasteiger partial charge in [0.1, 0.15) is 11.5 Å². The highest BCUT2D eigenvalue weighted by molar-refractivity contribution is 7.52. The fourth-order valence-corrected chi connectivity index (χ4v) is 4.17. The van der Waals surface area contributed by atoms with Crippen LogP contribution in [0.25, 0.3) is 0 Å². The molecule has 3 rings (SSSR count). The summed E-state index contributed by atoms with van der Waals surface area (Å²) in [6.07, 6.45) is 0.709. The van der Waals surface area contributed by atoms with E-state index in [9.17, 15) is 4.57 Å². The molecule has 0 radical (unpaired) electrons. The maximum Gasteiger partial charge on any atom is 0.513 e. The lowest BCUT2D eigenvalue weighted by Gasteiger charge is -2.24. The van der Waals surface area contributed by atoms with Crippen molar-refractivity contribution < 1.29 is 13.6 Å². The van der Waals surface area contributed by atoms with Crippen LogP contribution in [-0.2, 0) is 11.0 Å². The van der Waals surface area contributed by atoms with Crippen LogP contribution in [0.3, 0.4) is 0 Å². The molecule has 0 spiro atoms. The van der Waals surface area contributed by atoms with Crippen molar-refractivity contribution in [2.45, 2.75) is 19.4 Å². The molecule has 0 aliphatic heterocycles. The average molecular weight is 367 g/mol. The molecule has 0 heterocycles. The quantitative estimate of drug-likeness (QED) is 0.536. The molecule has 0 aliphatic carbocycles. The molecular formula is C21H22NO3P. The lowest BCUT2D eigenvalue weighted by atomic mass is 10.1. The molecule has 0 fully saturated rings. The minimum atomic E-state index is -3.61. The highest BCUT2D eigenvalue weighted by atomic mass is 31.2. The van der Waals surface area contributed by atoms with E-state index in [-0.39, 0.29) is 6.04 Å². The monoisotopic (exact) mass is 367 g/mol. The average Bonchev–Trinajstić information content (AvgIpc) is 2.63. The molecule has 5 heteroatoms. The van der Waals surface area contributed by atoms with Crippen LogP contribution in [0.2, 0.25) is 0 Å². The smallest absolute Gasteiger partial charge is 0.405 e. The summed E-state index contributed by atoms with van der Waals surface area (Å²) in [5, 5.41) is 3.05. The van der Waals surface area contributed by atoms with Crippen LogP contribution in [-0.4, -0.2) is 6.04 Å². The maximum atomic E-state index is 13.4. The van der Waals surface area contributed by atoms with Gasteiger partial charge in [0.25, 0.3) is 0 Å². The van der Waals surface area contributed by atoms with Gasteiger partial charge in [-0.05, 0) is 43.2 Å². The van der Waals surface area contributed by atoms with Gasteiger partial charge in [-0.1, -0.05) is 66.7 Å². The topological polar surface area (TPSA) is 47.6 Å². The Morgan fingerprint density at radius 3 is 1.65 bits per heavy atom. The second-order valence-corrected chi connectivity index (χ2v) is 7.64. The largest absolute Gasteiger partial charge is 0.513 e. The Balaban J connectivity index is 1.76. The molecule has 3 aromatic carbocycles. The van der Waals surface area contributed by atoms with Gasteiger partial charge < -0.3 is 9.05 Å². The summed E-state index contributed by atoms with van der Waals surface area (Å²) in [7, 11) is -3.61. The zero-order chi connectivity index (χ0) is 18.2. The van der Waals surface area contributed by atoms with Gasteiger partial charge in [-0.3, -0.25) is 0 Å². The first-order valence-electron chi connectivity index (χ1n) is 8.54. The van der Waals surface area contributed by atoms with Gasteiger partial charge in [-0.2, -0.15) is 5.09 Å². The molecule has 0 saturated heterocycles. The van der Waals surface area contributed by atoms with Crippen LogP contribution in [0.1, 0.15) is 12.5 Å². The van der Waals surface area contributed by atoms with E-state index in [1.54, 1.807) is 24.3 Å². The zero-order valence-corrected chi connectivity index (χ0v) is 15.5. The van der Waals surface area contributed by atoms with E-state index in [0.29, 0.717) is 17.9 Å². The van der Waals surface area contributed by atoms with E-state index < -0.39 is 7.75 Å². The standard InChI is InChI=1S/C21H22NO3P/c1-18(17-19-11-5-2-6-12-19)22-26(23,24-20-13-7-3-8-14-20)25-21-15-9-4-10-16-21/h2-16,18H,17H2,1H3,(H,22,23). The van der Waals surface area contributed by atoms with Crippen molar-refractivity contribution >= 4 is 7.75 Å². The van der Waals surface area contributed by atoms with E-state index in [0.717, 1.165) is 5.56 Å². The molecule has 0 amide bonds. The highest BCUT2D eigenvalue weighted by Crippen LogP contribution is 2.45. The number of nitrogens with one attached hydrogen (secondary N) is 1. The Bertz CT molecular complexity index is 795. The molecule has 3 aromatic rings. The summed E-state index contributed by atoms with van der Waals surface area (Å²) in [6, 6.07) is 28.0. The van der Waals surface area contributed by atoms with Crippen molar-refractivity contribution in [2.24, 2.45) is 0 Å². The molecule has 0 aromatic heterocycles. The lowest BCUT2D eigenvalue weighted by molar-refractivity contribution is 0.362. The maximum absolute atomic E-state index is 13.4. The third-order valence-corrected chi connectivity index (χ3v) is 5.36. The fourth-order valence-electron chi connectivity index (χ4n) is 2.59. The number of para-hydroxylation sites is 2. The molecule has 0 saturated carbocycles. The zero-order valence-electron chi connectivity index (χ0n) is 14.6. The van der Waals surface area contributed by atoms with Crippen LogP contribution in [0, 0.1) is 0 Å². The second kappa shape index (κ2) is 8.70. The second-order valence-electron chi connectivity index (χ2n) is 6.03. The van der Waals surface area contributed by atoms with E-state index in [4.69, 9.17) is 9.05 Å². The number of hydrogen-bond donors (Lipinski definition) is 1. The lowest BCUT2D eigenvalue weighted by Crippen LogP contribution is -2.29. The van der Waals surface area contributed by atoms with Gasteiger partial charge in [0.2, 0.25) is 0 Å². The molecule has 134 valence electrons. The predicted molar refractivity (Wildman–Crippen MR) is 104 cm³/mol.